The number of H-pyrrole nitrogens is 3. The molecule has 11 aromatic rings. The smallest absolute Gasteiger partial charge is 0.224 e. The van der Waals surface area contributed by atoms with Gasteiger partial charge in [-0.1, -0.05) is 111 Å². The fourth-order valence-corrected chi connectivity index (χ4v) is 9.67. The number of ether oxygens (including phenoxy) is 1. The van der Waals surface area contributed by atoms with Crippen LogP contribution in [0.1, 0.15) is 169 Å². The highest BCUT2D eigenvalue weighted by atomic mass is 19.1. The molecule has 1 aliphatic carbocycles. The summed E-state index contributed by atoms with van der Waals surface area (Å²) in [6.07, 6.45) is 12.4. The lowest BCUT2D eigenvalue weighted by Crippen LogP contribution is -2.19. The third-order valence-corrected chi connectivity index (χ3v) is 15.5. The van der Waals surface area contributed by atoms with Crippen LogP contribution in [0.4, 0.5) is 17.6 Å². The van der Waals surface area contributed by atoms with Crippen molar-refractivity contribution < 1.29 is 27.4 Å². The number of fused-ring (bicyclic) bond motifs is 4. The molecule has 7 heterocycles. The number of halogens is 4. The van der Waals surface area contributed by atoms with Gasteiger partial charge in [0.2, 0.25) is 5.88 Å². The van der Waals surface area contributed by atoms with Crippen LogP contribution < -0.4 is 4.74 Å². The molecule has 0 unspecified atom stereocenters. The molecular weight excluding hydrogens is 1130 g/mol. The highest BCUT2D eigenvalue weighted by molar-refractivity contribution is 5.95. The number of aryl methyl sites for hydroxylation is 4. The van der Waals surface area contributed by atoms with Crippen LogP contribution in [-0.4, -0.2) is 87.5 Å². The van der Waals surface area contributed by atoms with Gasteiger partial charge in [-0.15, -0.1) is 0 Å². The van der Waals surface area contributed by atoms with E-state index in [2.05, 4.69) is 133 Å². The molecule has 0 saturated heterocycles. The van der Waals surface area contributed by atoms with Gasteiger partial charge in [-0.3, -0.25) is 10.2 Å². The fourth-order valence-electron chi connectivity index (χ4n) is 9.67. The van der Waals surface area contributed by atoms with E-state index >= 15 is 0 Å². The normalized spacial score (nSPS) is 13.2. The molecule has 4 N–H and O–H groups in total. The van der Waals surface area contributed by atoms with E-state index in [1.54, 1.807) is 49.3 Å². The Morgan fingerprint density at radius 2 is 0.876 bits per heavy atom. The van der Waals surface area contributed by atoms with E-state index in [1.807, 2.05) is 78.8 Å². The quantitative estimate of drug-likeness (QED) is 0.0938. The van der Waals surface area contributed by atoms with Crippen LogP contribution in [0.5, 0.6) is 5.88 Å². The van der Waals surface area contributed by atoms with Crippen molar-refractivity contribution in [3.63, 3.8) is 0 Å². The summed E-state index contributed by atoms with van der Waals surface area (Å²) >= 11 is 0. The van der Waals surface area contributed by atoms with E-state index < -0.39 is 5.60 Å². The molecule has 1 fully saturated rings. The van der Waals surface area contributed by atoms with E-state index in [4.69, 9.17) is 4.74 Å². The van der Waals surface area contributed by atoms with Gasteiger partial charge in [0, 0.05) is 59.8 Å². The summed E-state index contributed by atoms with van der Waals surface area (Å²) in [5, 5.41) is 26.4. The van der Waals surface area contributed by atoms with E-state index in [1.165, 1.54) is 6.07 Å². The van der Waals surface area contributed by atoms with Gasteiger partial charge in [0.25, 0.3) is 0 Å². The second-order valence-corrected chi connectivity index (χ2v) is 26.7. The molecule has 0 amide bonds. The Labute approximate surface area is 516 Å². The predicted molar refractivity (Wildman–Crippen MR) is 343 cm³/mol. The first-order chi connectivity index (χ1) is 41.9. The van der Waals surface area contributed by atoms with Crippen molar-refractivity contribution in [2.24, 2.45) is 0 Å². The average Bonchev–Trinajstić information content (AvgIpc) is 1.86. The van der Waals surface area contributed by atoms with Gasteiger partial charge < -0.3 is 14.8 Å². The zero-order chi connectivity index (χ0) is 64.5. The van der Waals surface area contributed by atoms with Crippen LogP contribution in [-0.2, 0) is 47.3 Å². The Hall–Kier alpha value is -8.65. The lowest BCUT2D eigenvalue weighted by atomic mass is 9.86. The predicted octanol–water partition coefficient (Wildman–Crippen LogP) is 15.6. The number of aliphatic hydroxyl groups is 1. The molecule has 466 valence electrons. The molecule has 7 aromatic heterocycles. The number of hydrogen-bond acceptors (Lipinski definition) is 13. The molecule has 16 nitrogen and oxygen atoms in total. The van der Waals surface area contributed by atoms with Gasteiger partial charge in [-0.05, 0) is 111 Å². The number of hydrogen-bond donors (Lipinski definition) is 4. The molecule has 4 aromatic carbocycles. The van der Waals surface area contributed by atoms with Gasteiger partial charge in [0.1, 0.15) is 75.2 Å². The summed E-state index contributed by atoms with van der Waals surface area (Å²) < 4.78 is 64.1. The van der Waals surface area contributed by atoms with E-state index in [-0.39, 0.29) is 57.1 Å². The Morgan fingerprint density at radius 1 is 0.483 bits per heavy atom. The highest BCUT2D eigenvalue weighted by Gasteiger charge is 2.41. The maximum Gasteiger partial charge on any atom is 0.224 e. The zero-order valence-corrected chi connectivity index (χ0v) is 53.8. The molecule has 89 heavy (non-hydrogen) atoms. The molecule has 0 aliphatic heterocycles. The van der Waals surface area contributed by atoms with Gasteiger partial charge >= 0.3 is 0 Å². The summed E-state index contributed by atoms with van der Waals surface area (Å²) in [6.45, 7) is 32.6. The van der Waals surface area contributed by atoms with Crippen molar-refractivity contribution in [2.45, 2.75) is 177 Å². The minimum absolute atomic E-state index is 0.147. The topological polar surface area (TPSA) is 219 Å². The molecule has 0 radical (unpaired) electrons. The maximum absolute atomic E-state index is 14.6. The molecule has 0 spiro atoms. The Kier molecular flexibility index (Phi) is 18.5. The lowest BCUT2D eigenvalue weighted by molar-refractivity contribution is 0.0840. The van der Waals surface area contributed by atoms with Crippen molar-refractivity contribution in [1.82, 2.24) is 70.2 Å². The van der Waals surface area contributed by atoms with Crippen LogP contribution in [0.2, 0.25) is 0 Å². The highest BCUT2D eigenvalue weighted by Crippen LogP contribution is 2.39. The minimum atomic E-state index is -0.746. The summed E-state index contributed by atoms with van der Waals surface area (Å²) in [4.78, 5) is 42.7. The van der Waals surface area contributed by atoms with Gasteiger partial charge in [-0.25, -0.2) is 57.4 Å². The molecule has 1 saturated carbocycles. The van der Waals surface area contributed by atoms with Crippen molar-refractivity contribution >= 4 is 43.6 Å². The minimum Gasteiger partial charge on any atom is -0.474 e. The van der Waals surface area contributed by atoms with Crippen LogP contribution in [0.25, 0.3) is 77.6 Å². The Balaban J connectivity index is 0.000000141. The summed E-state index contributed by atoms with van der Waals surface area (Å²) in [6, 6.07) is 15.9. The monoisotopic (exact) mass is 1210 g/mol. The van der Waals surface area contributed by atoms with Crippen molar-refractivity contribution in [3.8, 4) is 39.9 Å². The first-order valence-corrected chi connectivity index (χ1v) is 30.3. The molecular formula is C69H80F4N14O2. The molecule has 0 atom stereocenters. The van der Waals surface area contributed by atoms with Crippen LogP contribution in [0.15, 0.2) is 85.7 Å². The van der Waals surface area contributed by atoms with E-state index in [0.29, 0.717) is 99.0 Å². The second-order valence-electron chi connectivity index (χ2n) is 26.7. The first-order valence-electron chi connectivity index (χ1n) is 30.3. The number of rotatable bonds is 10. The van der Waals surface area contributed by atoms with Crippen LogP contribution in [0.3, 0.4) is 0 Å². The second kappa shape index (κ2) is 25.4. The Morgan fingerprint density at radius 3 is 1.24 bits per heavy atom. The SMILES string of the molecule is CCc1nc(-c2ccn[nH]2)c2cc(C(C)(C)C)cc(F)c2n1.CCc1nc(-c2cn[nH]c2)c2cc(C(C)(C)C)cc(F)c2n1.CCc1nc(-c2cnc[nH]2)c2cc(C(C)(C)C)cc(F)c2n1.CCc1nc(OCC2(O)CC2)c2cc(C(C)(C)C)cc(F)c2n1. The van der Waals surface area contributed by atoms with Crippen molar-refractivity contribution in [1.29, 1.82) is 0 Å². The standard InChI is InChI=1S/C18H23FN2O2.3C17H19FN4/c1-5-14-20-15-12(8-11(9-13(15)19)17(2,3)4)16(21-14)23-10-18(22)6-7-18;1-5-14-21-15(10-8-19-20-9-10)12-6-11(17(2,3)4)7-13(18)16(12)22-14;1-5-14-21-15-11(16(22-14)13-8-19-9-20-13)6-10(7-12(15)18)17(2,3)4;1-5-14-20-15-11(16(21-14)13-6-7-19-22-13)8-10(9-12(15)18)17(2,3)4/h8-9,22H,5-7,10H2,1-4H3;2*6-9H,5H2,1-4H3,(H,19,20);6-9H,5H2,1-4H3,(H,19,22). The maximum atomic E-state index is 14.6. The summed E-state index contributed by atoms with van der Waals surface area (Å²) in [7, 11) is 0. The van der Waals surface area contributed by atoms with E-state index in [0.717, 1.165) is 63.1 Å². The molecule has 0 bridgehead atoms. The number of imidazole rings is 1. The number of benzene rings is 4. The molecule has 12 rings (SSSR count). The summed E-state index contributed by atoms with van der Waals surface area (Å²) in [5.74, 6) is 1.50. The van der Waals surface area contributed by atoms with Crippen molar-refractivity contribution in [2.75, 3.05) is 6.61 Å². The largest absolute Gasteiger partial charge is 0.474 e. The first kappa shape index (κ1) is 64.8. The summed E-state index contributed by atoms with van der Waals surface area (Å²) in [5.41, 5.74) is 8.14. The molecule has 20 heteroatoms. The number of aromatic amines is 3. The average molecular weight is 1210 g/mol. The third kappa shape index (κ3) is 14.8. The fraction of sp³-hybridized carbons (Fsp3) is 0.406. The Bertz CT molecular complexity index is 3970. The number of nitrogens with zero attached hydrogens (tertiary/aromatic N) is 11. The van der Waals surface area contributed by atoms with Crippen LogP contribution >= 0.6 is 0 Å². The van der Waals surface area contributed by atoms with Crippen molar-refractivity contribution in [3.05, 3.63) is 155 Å². The van der Waals surface area contributed by atoms with Gasteiger partial charge in [0.15, 0.2) is 0 Å². The third-order valence-electron chi connectivity index (χ3n) is 15.5. The molecule has 1 aliphatic rings. The number of nitrogens with one attached hydrogen (secondary N) is 3. The van der Waals surface area contributed by atoms with Gasteiger partial charge in [-0.2, -0.15) is 15.2 Å². The van der Waals surface area contributed by atoms with Crippen LogP contribution in [0, 0.1) is 23.3 Å². The van der Waals surface area contributed by atoms with Gasteiger partial charge in [0.05, 0.1) is 58.2 Å². The zero-order valence-electron chi connectivity index (χ0n) is 53.8. The van der Waals surface area contributed by atoms with E-state index in [9.17, 15) is 22.7 Å². The lowest BCUT2D eigenvalue weighted by Gasteiger charge is -2.20. The number of aromatic nitrogens is 14.